The van der Waals surface area contributed by atoms with Gasteiger partial charge in [-0.25, -0.2) is 4.39 Å². The number of halogens is 2. The summed E-state index contributed by atoms with van der Waals surface area (Å²) < 4.78 is 18.7. The van der Waals surface area contributed by atoms with Crippen molar-refractivity contribution in [3.05, 3.63) is 28.6 Å². The molecule has 1 heterocycles. The lowest BCUT2D eigenvalue weighted by Gasteiger charge is -2.03. The summed E-state index contributed by atoms with van der Waals surface area (Å²) in [5.74, 6) is 0.199. The summed E-state index contributed by atoms with van der Waals surface area (Å²) in [5, 5.41) is 0.789. The lowest BCUT2D eigenvalue weighted by Crippen LogP contribution is -1.87. The van der Waals surface area contributed by atoms with Gasteiger partial charge in [0.15, 0.2) is 0 Å². The van der Waals surface area contributed by atoms with Gasteiger partial charge in [-0.1, -0.05) is 0 Å². The van der Waals surface area contributed by atoms with Gasteiger partial charge in [-0.05, 0) is 22.0 Å². The molecule has 0 aliphatic rings. The molecule has 2 rings (SSSR count). The Bertz CT molecular complexity index is 452. The van der Waals surface area contributed by atoms with Crippen LogP contribution in [-0.4, -0.2) is 12.1 Å². The van der Waals surface area contributed by atoms with Crippen molar-refractivity contribution in [2.24, 2.45) is 0 Å². The molecular weight excluding hydrogens is 237 g/mol. The van der Waals surface area contributed by atoms with Crippen molar-refractivity contribution in [1.29, 1.82) is 0 Å². The van der Waals surface area contributed by atoms with Gasteiger partial charge in [-0.2, -0.15) is 0 Å². The lowest BCUT2D eigenvalue weighted by molar-refractivity contribution is 0.415. The van der Waals surface area contributed by atoms with Crippen LogP contribution in [0.5, 0.6) is 5.75 Å². The number of aromatic amines is 1. The fraction of sp³-hybridized carbons (Fsp3) is 0.111. The van der Waals surface area contributed by atoms with Crippen molar-refractivity contribution in [3.63, 3.8) is 0 Å². The molecule has 4 heteroatoms. The average Bonchev–Trinajstić information content (AvgIpc) is 2.60. The highest BCUT2D eigenvalue weighted by atomic mass is 79.9. The van der Waals surface area contributed by atoms with Crippen molar-refractivity contribution < 1.29 is 9.13 Å². The zero-order chi connectivity index (χ0) is 9.42. The molecule has 0 unspecified atom stereocenters. The van der Waals surface area contributed by atoms with Gasteiger partial charge in [0, 0.05) is 17.6 Å². The first-order chi connectivity index (χ1) is 6.24. The van der Waals surface area contributed by atoms with Crippen LogP contribution in [0.1, 0.15) is 0 Å². The summed E-state index contributed by atoms with van der Waals surface area (Å²) in [6.45, 7) is 0. The molecule has 68 valence electrons. The molecule has 2 aromatic rings. The normalized spacial score (nSPS) is 10.7. The Morgan fingerprint density at radius 2 is 2.31 bits per heavy atom. The van der Waals surface area contributed by atoms with Gasteiger partial charge in [0.05, 0.1) is 17.1 Å². The maximum atomic E-state index is 13.2. The van der Waals surface area contributed by atoms with Crippen LogP contribution in [0.4, 0.5) is 4.39 Å². The van der Waals surface area contributed by atoms with Crippen LogP contribution in [0, 0.1) is 5.82 Å². The highest BCUT2D eigenvalue weighted by Crippen LogP contribution is 2.32. The maximum Gasteiger partial charge on any atom is 0.145 e. The molecule has 1 N–H and O–H groups in total. The monoisotopic (exact) mass is 243 g/mol. The highest BCUT2D eigenvalue weighted by molar-refractivity contribution is 9.10. The van der Waals surface area contributed by atoms with E-state index in [-0.39, 0.29) is 5.82 Å². The number of methoxy groups -OCH3 is 1. The van der Waals surface area contributed by atoms with Gasteiger partial charge in [-0.15, -0.1) is 0 Å². The molecule has 0 bridgehead atoms. The zero-order valence-electron chi connectivity index (χ0n) is 6.90. The van der Waals surface area contributed by atoms with Crippen LogP contribution < -0.4 is 4.74 Å². The number of fused-ring (bicyclic) bond motifs is 1. The summed E-state index contributed by atoms with van der Waals surface area (Å²) in [5.41, 5.74) is 0.802. The van der Waals surface area contributed by atoms with E-state index in [1.165, 1.54) is 13.2 Å². The van der Waals surface area contributed by atoms with Crippen LogP contribution in [-0.2, 0) is 0 Å². The quantitative estimate of drug-likeness (QED) is 0.819. The Hall–Kier alpha value is -1.03. The van der Waals surface area contributed by atoms with Gasteiger partial charge in [0.2, 0.25) is 0 Å². The molecule has 1 aromatic heterocycles. The first-order valence-electron chi connectivity index (χ1n) is 3.73. The first kappa shape index (κ1) is 8.56. The van der Waals surface area contributed by atoms with Crippen LogP contribution in [0.3, 0.4) is 0 Å². The van der Waals surface area contributed by atoms with Gasteiger partial charge in [-0.3, -0.25) is 0 Å². The van der Waals surface area contributed by atoms with Crippen molar-refractivity contribution in [1.82, 2.24) is 4.98 Å². The third-order valence-electron chi connectivity index (χ3n) is 1.92. The minimum atomic E-state index is -0.316. The molecule has 0 fully saturated rings. The van der Waals surface area contributed by atoms with Gasteiger partial charge >= 0.3 is 0 Å². The second-order valence-electron chi connectivity index (χ2n) is 2.64. The standard InChI is InChI=1S/C9H7BrFNO/c1-13-7-4-6(11)8(10)5-2-3-12-9(5)7/h2-4,12H,1H3. The predicted octanol–water partition coefficient (Wildman–Crippen LogP) is 3.08. The van der Waals surface area contributed by atoms with E-state index in [9.17, 15) is 4.39 Å². The summed E-state index contributed by atoms with van der Waals surface area (Å²) in [7, 11) is 1.52. The third kappa shape index (κ3) is 1.21. The molecule has 1 aromatic carbocycles. The van der Waals surface area contributed by atoms with E-state index in [1.807, 2.05) is 0 Å². The van der Waals surface area contributed by atoms with Crippen LogP contribution in [0.25, 0.3) is 10.9 Å². The van der Waals surface area contributed by atoms with E-state index >= 15 is 0 Å². The summed E-state index contributed by atoms with van der Waals surface area (Å²) in [6.07, 6.45) is 1.75. The van der Waals surface area contributed by atoms with Gasteiger partial charge in [0.25, 0.3) is 0 Å². The number of hydrogen-bond acceptors (Lipinski definition) is 1. The predicted molar refractivity (Wildman–Crippen MR) is 52.5 cm³/mol. The van der Waals surface area contributed by atoms with Crippen LogP contribution >= 0.6 is 15.9 Å². The van der Waals surface area contributed by atoms with Crippen molar-refractivity contribution >= 4 is 26.8 Å². The minimum absolute atomic E-state index is 0.316. The van der Waals surface area contributed by atoms with Crippen molar-refractivity contribution in [2.45, 2.75) is 0 Å². The van der Waals surface area contributed by atoms with E-state index in [2.05, 4.69) is 20.9 Å². The molecule has 0 aliphatic carbocycles. The van der Waals surface area contributed by atoms with Crippen molar-refractivity contribution in [2.75, 3.05) is 7.11 Å². The molecule has 0 saturated carbocycles. The zero-order valence-corrected chi connectivity index (χ0v) is 8.48. The second-order valence-corrected chi connectivity index (χ2v) is 3.43. The first-order valence-corrected chi connectivity index (χ1v) is 4.52. The van der Waals surface area contributed by atoms with E-state index in [0.717, 1.165) is 10.9 Å². The highest BCUT2D eigenvalue weighted by Gasteiger charge is 2.10. The molecule has 2 nitrogen and oxygen atoms in total. The van der Waals surface area contributed by atoms with E-state index in [0.29, 0.717) is 10.2 Å². The summed E-state index contributed by atoms with van der Waals surface area (Å²) >= 11 is 3.17. The molecule has 0 spiro atoms. The van der Waals surface area contributed by atoms with E-state index in [1.54, 1.807) is 12.3 Å². The molecule has 13 heavy (non-hydrogen) atoms. The number of H-pyrrole nitrogens is 1. The Labute approximate surface area is 82.8 Å². The van der Waals surface area contributed by atoms with E-state index < -0.39 is 0 Å². The number of hydrogen-bond donors (Lipinski definition) is 1. The maximum absolute atomic E-state index is 13.2. The Morgan fingerprint density at radius 1 is 1.54 bits per heavy atom. The lowest BCUT2D eigenvalue weighted by atomic mass is 10.2. The van der Waals surface area contributed by atoms with Crippen LogP contribution in [0.2, 0.25) is 0 Å². The third-order valence-corrected chi connectivity index (χ3v) is 2.72. The fourth-order valence-corrected chi connectivity index (χ4v) is 1.74. The second kappa shape index (κ2) is 3.03. The number of rotatable bonds is 1. The van der Waals surface area contributed by atoms with E-state index in [4.69, 9.17) is 4.74 Å². The molecule has 0 radical (unpaired) electrons. The number of benzene rings is 1. The smallest absolute Gasteiger partial charge is 0.145 e. The number of aromatic nitrogens is 1. The topological polar surface area (TPSA) is 25.0 Å². The molecule has 0 aliphatic heterocycles. The fourth-order valence-electron chi connectivity index (χ4n) is 1.30. The largest absolute Gasteiger partial charge is 0.494 e. The molecular formula is C9H7BrFNO. The molecule has 0 saturated heterocycles. The Kier molecular flexibility index (Phi) is 2.00. The average molecular weight is 244 g/mol. The van der Waals surface area contributed by atoms with Crippen molar-refractivity contribution in [3.8, 4) is 5.75 Å². The van der Waals surface area contributed by atoms with Gasteiger partial charge < -0.3 is 9.72 Å². The minimum Gasteiger partial charge on any atom is -0.494 e. The number of nitrogens with one attached hydrogen (secondary N) is 1. The summed E-state index contributed by atoms with van der Waals surface area (Å²) in [6, 6.07) is 3.15. The van der Waals surface area contributed by atoms with Crippen LogP contribution in [0.15, 0.2) is 22.8 Å². The Morgan fingerprint density at radius 3 is 3.00 bits per heavy atom. The number of ether oxygens (including phenoxy) is 1. The van der Waals surface area contributed by atoms with Gasteiger partial charge in [0.1, 0.15) is 11.6 Å². The Balaban J connectivity index is 2.87. The molecule has 0 amide bonds. The summed E-state index contributed by atoms with van der Waals surface area (Å²) in [4.78, 5) is 2.99. The SMILES string of the molecule is COc1cc(F)c(Br)c2cc[nH]c12. The molecule has 0 atom stereocenters.